The summed E-state index contributed by atoms with van der Waals surface area (Å²) in [6, 6.07) is 3.53. The summed E-state index contributed by atoms with van der Waals surface area (Å²) >= 11 is 3.44. The zero-order valence-electron chi connectivity index (χ0n) is 13.0. The van der Waals surface area contributed by atoms with Gasteiger partial charge >= 0.3 is 0 Å². The molecule has 1 aliphatic rings. The highest BCUT2D eigenvalue weighted by atomic mass is 79.9. The van der Waals surface area contributed by atoms with Crippen molar-refractivity contribution < 1.29 is 19.0 Å². The van der Waals surface area contributed by atoms with Gasteiger partial charge in [-0.3, -0.25) is 4.79 Å². The highest BCUT2D eigenvalue weighted by Crippen LogP contribution is 2.41. The first-order valence-corrected chi connectivity index (χ1v) is 7.81. The predicted octanol–water partition coefficient (Wildman–Crippen LogP) is 3.71. The molecule has 1 heterocycles. The topological polar surface area (TPSA) is 44.8 Å². The van der Waals surface area contributed by atoms with E-state index in [9.17, 15) is 4.79 Å². The van der Waals surface area contributed by atoms with Gasteiger partial charge in [0.05, 0.1) is 37.9 Å². The summed E-state index contributed by atoms with van der Waals surface area (Å²) in [5.41, 5.74) is 0.562. The molecule has 0 spiro atoms. The highest BCUT2D eigenvalue weighted by Gasteiger charge is 2.42. The van der Waals surface area contributed by atoms with Gasteiger partial charge in [0, 0.05) is 0 Å². The van der Waals surface area contributed by atoms with Crippen LogP contribution in [-0.2, 0) is 4.74 Å². The van der Waals surface area contributed by atoms with Crippen LogP contribution in [0.3, 0.4) is 0 Å². The molecule has 1 aliphatic heterocycles. The van der Waals surface area contributed by atoms with E-state index in [1.165, 1.54) is 0 Å². The molecule has 4 atom stereocenters. The lowest BCUT2D eigenvalue weighted by Gasteiger charge is -2.19. The third-order valence-electron chi connectivity index (χ3n) is 4.30. The molecule has 1 saturated heterocycles. The molecule has 21 heavy (non-hydrogen) atoms. The largest absolute Gasteiger partial charge is 0.495 e. The zero-order valence-corrected chi connectivity index (χ0v) is 14.6. The van der Waals surface area contributed by atoms with Crippen molar-refractivity contribution in [3.63, 3.8) is 0 Å². The van der Waals surface area contributed by atoms with Crippen LogP contribution in [-0.4, -0.2) is 32.2 Å². The summed E-state index contributed by atoms with van der Waals surface area (Å²) in [6.07, 6.45) is -0.00489. The zero-order chi connectivity index (χ0) is 15.7. The van der Waals surface area contributed by atoms with Crippen LogP contribution in [0.2, 0.25) is 0 Å². The molecular weight excluding hydrogens is 336 g/mol. The average Bonchev–Trinajstić information content (AvgIpc) is 2.71. The standard InChI is InChI=1S/C16H21BrO4/c1-8-9(2)21-10(3)13(8)15(18)11-6-7-12(19-4)14(17)16(11)20-5/h6-10,13H,1-5H3. The summed E-state index contributed by atoms with van der Waals surface area (Å²) in [7, 11) is 3.13. The minimum absolute atomic E-state index is 0.0551. The maximum absolute atomic E-state index is 12.9. The summed E-state index contributed by atoms with van der Waals surface area (Å²) in [5, 5.41) is 0. The first-order valence-electron chi connectivity index (χ1n) is 7.02. The van der Waals surface area contributed by atoms with Crippen molar-refractivity contribution in [1.82, 2.24) is 0 Å². The average molecular weight is 357 g/mol. The van der Waals surface area contributed by atoms with E-state index in [0.717, 1.165) is 0 Å². The van der Waals surface area contributed by atoms with Gasteiger partial charge in [0.2, 0.25) is 0 Å². The minimum atomic E-state index is -0.158. The van der Waals surface area contributed by atoms with Crippen molar-refractivity contribution in [1.29, 1.82) is 0 Å². The van der Waals surface area contributed by atoms with Crippen molar-refractivity contribution in [2.75, 3.05) is 14.2 Å². The Morgan fingerprint density at radius 2 is 1.81 bits per heavy atom. The monoisotopic (exact) mass is 356 g/mol. The van der Waals surface area contributed by atoms with Gasteiger partial charge in [0.1, 0.15) is 16.0 Å². The lowest BCUT2D eigenvalue weighted by Crippen LogP contribution is -2.27. The van der Waals surface area contributed by atoms with E-state index in [0.29, 0.717) is 21.5 Å². The number of methoxy groups -OCH3 is 2. The van der Waals surface area contributed by atoms with Gasteiger partial charge < -0.3 is 14.2 Å². The third-order valence-corrected chi connectivity index (χ3v) is 5.05. The number of rotatable bonds is 4. The summed E-state index contributed by atoms with van der Waals surface area (Å²) in [6.45, 7) is 6.02. The quantitative estimate of drug-likeness (QED) is 0.771. The molecule has 4 nitrogen and oxygen atoms in total. The number of Topliss-reactive ketones (excluding diaryl/α,β-unsaturated/α-hetero) is 1. The van der Waals surface area contributed by atoms with Gasteiger partial charge in [-0.2, -0.15) is 0 Å². The van der Waals surface area contributed by atoms with Gasteiger partial charge in [-0.05, 0) is 47.8 Å². The fraction of sp³-hybridized carbons (Fsp3) is 0.562. The lowest BCUT2D eigenvalue weighted by molar-refractivity contribution is 0.0490. The normalized spacial score (nSPS) is 28.5. The van der Waals surface area contributed by atoms with E-state index >= 15 is 0 Å². The first-order chi connectivity index (χ1) is 9.92. The number of hydrogen-bond acceptors (Lipinski definition) is 4. The lowest BCUT2D eigenvalue weighted by atomic mass is 9.83. The molecule has 1 aromatic carbocycles. The van der Waals surface area contributed by atoms with Crippen molar-refractivity contribution in [3.8, 4) is 11.5 Å². The van der Waals surface area contributed by atoms with Crippen LogP contribution < -0.4 is 9.47 Å². The molecule has 5 heteroatoms. The van der Waals surface area contributed by atoms with Crippen LogP contribution in [0.15, 0.2) is 16.6 Å². The van der Waals surface area contributed by atoms with Crippen LogP contribution in [0.1, 0.15) is 31.1 Å². The second-order valence-corrected chi connectivity index (χ2v) is 6.25. The van der Waals surface area contributed by atoms with Crippen LogP contribution in [0.25, 0.3) is 0 Å². The van der Waals surface area contributed by atoms with Crippen molar-refractivity contribution in [3.05, 3.63) is 22.2 Å². The van der Waals surface area contributed by atoms with Crippen molar-refractivity contribution in [2.24, 2.45) is 11.8 Å². The van der Waals surface area contributed by atoms with E-state index in [2.05, 4.69) is 22.9 Å². The third kappa shape index (κ3) is 2.81. The number of benzene rings is 1. The molecule has 0 amide bonds. The molecule has 0 aromatic heterocycles. The van der Waals surface area contributed by atoms with Gasteiger partial charge in [-0.1, -0.05) is 6.92 Å². The number of carbonyl (C=O) groups excluding carboxylic acids is 1. The van der Waals surface area contributed by atoms with E-state index in [1.807, 2.05) is 13.8 Å². The number of ether oxygens (including phenoxy) is 3. The molecule has 0 N–H and O–H groups in total. The number of halogens is 1. The fourth-order valence-electron chi connectivity index (χ4n) is 2.99. The Bertz CT molecular complexity index is 543. The Balaban J connectivity index is 2.42. The highest BCUT2D eigenvalue weighted by molar-refractivity contribution is 9.10. The first kappa shape index (κ1) is 16.3. The van der Waals surface area contributed by atoms with Gasteiger partial charge in [0.25, 0.3) is 0 Å². The predicted molar refractivity (Wildman–Crippen MR) is 84.2 cm³/mol. The molecule has 4 unspecified atom stereocenters. The minimum Gasteiger partial charge on any atom is -0.495 e. The molecule has 1 aromatic rings. The Hall–Kier alpha value is -1.07. The molecule has 0 aliphatic carbocycles. The molecule has 2 rings (SSSR count). The number of ketones is 1. The summed E-state index contributed by atoms with van der Waals surface area (Å²) in [5.74, 6) is 1.23. The second-order valence-electron chi connectivity index (χ2n) is 5.46. The maximum Gasteiger partial charge on any atom is 0.172 e. The van der Waals surface area contributed by atoms with Gasteiger partial charge in [-0.15, -0.1) is 0 Å². The van der Waals surface area contributed by atoms with Gasteiger partial charge in [0.15, 0.2) is 5.78 Å². The molecule has 1 fully saturated rings. The molecule has 0 bridgehead atoms. The summed E-state index contributed by atoms with van der Waals surface area (Å²) in [4.78, 5) is 12.9. The SMILES string of the molecule is COc1ccc(C(=O)C2C(C)OC(C)C2C)c(OC)c1Br. The fourth-order valence-corrected chi connectivity index (χ4v) is 3.66. The summed E-state index contributed by atoms with van der Waals surface area (Å²) < 4.78 is 17.1. The Morgan fingerprint density at radius 1 is 1.14 bits per heavy atom. The van der Waals surface area contributed by atoms with Crippen molar-refractivity contribution >= 4 is 21.7 Å². The Labute approximate surface area is 133 Å². The van der Waals surface area contributed by atoms with E-state index in [4.69, 9.17) is 14.2 Å². The van der Waals surface area contributed by atoms with E-state index < -0.39 is 0 Å². The molecule has 0 radical (unpaired) electrons. The van der Waals surface area contributed by atoms with Crippen LogP contribution in [0, 0.1) is 11.8 Å². The molecule has 116 valence electrons. The van der Waals surface area contributed by atoms with Gasteiger partial charge in [-0.25, -0.2) is 0 Å². The molecular formula is C16H21BrO4. The second kappa shape index (κ2) is 6.36. The maximum atomic E-state index is 12.9. The van der Waals surface area contributed by atoms with Crippen molar-refractivity contribution in [2.45, 2.75) is 33.0 Å². The van der Waals surface area contributed by atoms with Crippen LogP contribution in [0.4, 0.5) is 0 Å². The van der Waals surface area contributed by atoms with Crippen LogP contribution >= 0.6 is 15.9 Å². The Morgan fingerprint density at radius 3 is 2.29 bits per heavy atom. The van der Waals surface area contributed by atoms with Crippen LogP contribution in [0.5, 0.6) is 11.5 Å². The van der Waals surface area contributed by atoms with E-state index in [-0.39, 0.29) is 29.8 Å². The number of carbonyl (C=O) groups is 1. The molecule has 0 saturated carbocycles. The van der Waals surface area contributed by atoms with E-state index in [1.54, 1.807) is 26.4 Å². The smallest absolute Gasteiger partial charge is 0.172 e. The Kier molecular flexibility index (Phi) is 4.94. The number of hydrogen-bond donors (Lipinski definition) is 0.